The summed E-state index contributed by atoms with van der Waals surface area (Å²) in [6.07, 6.45) is 0. The Labute approximate surface area is 155 Å². The summed E-state index contributed by atoms with van der Waals surface area (Å²) in [7, 11) is 0. The Morgan fingerprint density at radius 3 is 2.08 bits per heavy atom. The molecule has 3 aromatic rings. The molecule has 3 rings (SSSR count). The van der Waals surface area contributed by atoms with Crippen molar-refractivity contribution in [3.05, 3.63) is 53.6 Å². The van der Waals surface area contributed by atoms with E-state index in [4.69, 9.17) is 0 Å². The van der Waals surface area contributed by atoms with Crippen LogP contribution in [0.25, 0.3) is 11.0 Å². The smallest absolute Gasteiger partial charge is 0.120 e. The summed E-state index contributed by atoms with van der Waals surface area (Å²) in [5, 5.41) is 19.4. The fraction of sp³-hybridized carbons (Fsp3) is 0.455. The van der Waals surface area contributed by atoms with E-state index in [2.05, 4.69) is 57.8 Å². The third-order valence-electron chi connectivity index (χ3n) is 5.84. The molecule has 2 aromatic carbocycles. The van der Waals surface area contributed by atoms with E-state index in [1.807, 2.05) is 30.3 Å². The molecule has 0 aliphatic carbocycles. The Morgan fingerprint density at radius 2 is 1.54 bits per heavy atom. The third kappa shape index (κ3) is 3.46. The number of phenols is 1. The van der Waals surface area contributed by atoms with Gasteiger partial charge >= 0.3 is 0 Å². The Balaban J connectivity index is 1.95. The lowest BCUT2D eigenvalue weighted by Gasteiger charge is -2.41. The zero-order chi connectivity index (χ0) is 19.1. The quantitative estimate of drug-likeness (QED) is 0.707. The summed E-state index contributed by atoms with van der Waals surface area (Å²) in [4.78, 5) is 1.66. The third-order valence-corrected chi connectivity index (χ3v) is 5.84. The SMILES string of the molecule is C[C@@H](C(C)(C)C)C(C)(C)c1ccc(O)c(Cn2nc3ccccc3n2)c1. The van der Waals surface area contributed by atoms with Crippen molar-refractivity contribution in [3.63, 3.8) is 0 Å². The molecule has 4 nitrogen and oxygen atoms in total. The van der Waals surface area contributed by atoms with Gasteiger partial charge in [-0.25, -0.2) is 0 Å². The minimum absolute atomic E-state index is 0.0110. The number of nitrogens with zero attached hydrogens (tertiary/aromatic N) is 3. The average Bonchev–Trinajstić information content (AvgIpc) is 2.97. The van der Waals surface area contributed by atoms with Crippen LogP contribution in [0.3, 0.4) is 0 Å². The van der Waals surface area contributed by atoms with E-state index in [0.29, 0.717) is 12.5 Å². The summed E-state index contributed by atoms with van der Waals surface area (Å²) in [5.41, 5.74) is 3.99. The highest BCUT2D eigenvalue weighted by molar-refractivity contribution is 5.73. The molecule has 0 fully saturated rings. The van der Waals surface area contributed by atoms with Crippen molar-refractivity contribution in [1.82, 2.24) is 15.0 Å². The highest BCUT2D eigenvalue weighted by atomic mass is 16.3. The molecule has 26 heavy (non-hydrogen) atoms. The van der Waals surface area contributed by atoms with Crippen LogP contribution in [-0.2, 0) is 12.0 Å². The number of phenolic OH excluding ortho intramolecular Hbond substituents is 1. The van der Waals surface area contributed by atoms with E-state index in [9.17, 15) is 5.11 Å². The summed E-state index contributed by atoms with van der Waals surface area (Å²) >= 11 is 0. The average molecular weight is 351 g/mol. The first kappa shape index (κ1) is 18.4. The standard InChI is InChI=1S/C22H29N3O/c1-15(21(2,3)4)22(5,6)17-11-12-20(26)16(13-17)14-25-23-18-9-7-8-10-19(18)24-25/h7-13,15,26H,14H2,1-6H3/t15-/m0/s1. The molecule has 0 aliphatic heterocycles. The van der Waals surface area contributed by atoms with Gasteiger partial charge in [-0.05, 0) is 46.6 Å². The van der Waals surface area contributed by atoms with Gasteiger partial charge in [0.2, 0.25) is 0 Å². The topological polar surface area (TPSA) is 50.9 Å². The monoisotopic (exact) mass is 351 g/mol. The van der Waals surface area contributed by atoms with Crippen molar-refractivity contribution in [1.29, 1.82) is 0 Å². The van der Waals surface area contributed by atoms with Crippen molar-refractivity contribution in [2.45, 2.75) is 53.5 Å². The Morgan fingerprint density at radius 1 is 0.962 bits per heavy atom. The van der Waals surface area contributed by atoms with Crippen molar-refractivity contribution in [2.75, 3.05) is 0 Å². The molecular formula is C22H29N3O. The minimum atomic E-state index is -0.0110. The molecule has 4 heteroatoms. The first-order valence-electron chi connectivity index (χ1n) is 9.21. The van der Waals surface area contributed by atoms with Gasteiger partial charge in [0.25, 0.3) is 0 Å². The lowest BCUT2D eigenvalue weighted by atomic mass is 9.64. The number of hydrogen-bond donors (Lipinski definition) is 1. The van der Waals surface area contributed by atoms with Crippen LogP contribution in [0.15, 0.2) is 42.5 Å². The van der Waals surface area contributed by atoms with Crippen molar-refractivity contribution in [2.24, 2.45) is 11.3 Å². The highest BCUT2D eigenvalue weighted by Gasteiger charge is 2.36. The van der Waals surface area contributed by atoms with Crippen LogP contribution in [0.2, 0.25) is 0 Å². The predicted octanol–water partition coefficient (Wildman–Crippen LogP) is 5.15. The second kappa shape index (κ2) is 6.42. The summed E-state index contributed by atoms with van der Waals surface area (Å²) in [6, 6.07) is 13.7. The zero-order valence-electron chi connectivity index (χ0n) is 16.6. The molecule has 0 bridgehead atoms. The van der Waals surface area contributed by atoms with Crippen molar-refractivity contribution in [3.8, 4) is 5.75 Å². The van der Waals surface area contributed by atoms with E-state index in [1.165, 1.54) is 5.56 Å². The Bertz CT molecular complexity index is 886. The van der Waals surface area contributed by atoms with Gasteiger partial charge in [-0.1, -0.05) is 59.7 Å². The fourth-order valence-electron chi connectivity index (χ4n) is 3.57. The van der Waals surface area contributed by atoms with Gasteiger partial charge in [0.15, 0.2) is 0 Å². The second-order valence-corrected chi connectivity index (χ2v) is 8.87. The Kier molecular flexibility index (Phi) is 4.55. The number of fused-ring (bicyclic) bond motifs is 1. The molecule has 0 amide bonds. The van der Waals surface area contributed by atoms with Gasteiger partial charge in [-0.3, -0.25) is 0 Å². The second-order valence-electron chi connectivity index (χ2n) is 8.87. The van der Waals surface area contributed by atoms with Crippen molar-refractivity contribution >= 4 is 11.0 Å². The van der Waals surface area contributed by atoms with Crippen LogP contribution in [0.4, 0.5) is 0 Å². The molecular weight excluding hydrogens is 322 g/mol. The van der Waals surface area contributed by atoms with Gasteiger partial charge in [-0.2, -0.15) is 15.0 Å². The fourth-order valence-corrected chi connectivity index (χ4v) is 3.57. The van der Waals surface area contributed by atoms with Crippen molar-refractivity contribution < 1.29 is 5.11 Å². The van der Waals surface area contributed by atoms with Crippen LogP contribution >= 0.6 is 0 Å². The Hall–Kier alpha value is -2.36. The molecule has 138 valence electrons. The van der Waals surface area contributed by atoms with Gasteiger partial charge in [-0.15, -0.1) is 0 Å². The van der Waals surface area contributed by atoms with Gasteiger partial charge in [0.1, 0.15) is 16.8 Å². The number of hydrogen-bond acceptors (Lipinski definition) is 3. The van der Waals surface area contributed by atoms with Crippen LogP contribution in [0.1, 0.15) is 52.7 Å². The molecule has 1 heterocycles. The predicted molar refractivity (Wildman–Crippen MR) is 106 cm³/mol. The molecule has 0 aliphatic rings. The maximum Gasteiger partial charge on any atom is 0.120 e. The molecule has 0 saturated carbocycles. The first-order chi connectivity index (χ1) is 12.1. The molecule has 0 saturated heterocycles. The van der Waals surface area contributed by atoms with E-state index in [0.717, 1.165) is 16.6 Å². The van der Waals surface area contributed by atoms with Crippen LogP contribution < -0.4 is 0 Å². The summed E-state index contributed by atoms with van der Waals surface area (Å²) < 4.78 is 0. The minimum Gasteiger partial charge on any atom is -0.508 e. The normalized spacial score (nSPS) is 13.9. The largest absolute Gasteiger partial charge is 0.508 e. The maximum absolute atomic E-state index is 10.4. The molecule has 0 radical (unpaired) electrons. The van der Waals surface area contributed by atoms with E-state index >= 15 is 0 Å². The molecule has 0 unspecified atom stereocenters. The molecule has 1 aromatic heterocycles. The summed E-state index contributed by atoms with van der Waals surface area (Å²) in [5.74, 6) is 0.757. The molecule has 1 atom stereocenters. The number of benzene rings is 2. The highest BCUT2D eigenvalue weighted by Crippen LogP contribution is 2.42. The maximum atomic E-state index is 10.4. The van der Waals surface area contributed by atoms with Crippen LogP contribution in [0.5, 0.6) is 5.75 Å². The zero-order valence-corrected chi connectivity index (χ0v) is 16.6. The number of rotatable bonds is 4. The lowest BCUT2D eigenvalue weighted by Crippen LogP contribution is -2.35. The first-order valence-corrected chi connectivity index (χ1v) is 9.21. The van der Waals surface area contributed by atoms with Crippen LogP contribution in [0, 0.1) is 11.3 Å². The number of aromatic hydroxyl groups is 1. The van der Waals surface area contributed by atoms with Gasteiger partial charge in [0.05, 0.1) is 6.54 Å². The van der Waals surface area contributed by atoms with E-state index < -0.39 is 0 Å². The number of aromatic nitrogens is 3. The van der Waals surface area contributed by atoms with E-state index in [1.54, 1.807) is 10.9 Å². The molecule has 1 N–H and O–H groups in total. The van der Waals surface area contributed by atoms with Crippen LogP contribution in [-0.4, -0.2) is 20.1 Å². The summed E-state index contributed by atoms with van der Waals surface area (Å²) in [6.45, 7) is 14.1. The molecule has 0 spiro atoms. The lowest BCUT2D eigenvalue weighted by molar-refractivity contribution is 0.166. The van der Waals surface area contributed by atoms with Gasteiger partial charge in [0, 0.05) is 5.56 Å². The van der Waals surface area contributed by atoms with E-state index in [-0.39, 0.29) is 16.6 Å². The van der Waals surface area contributed by atoms with Gasteiger partial charge < -0.3 is 5.11 Å².